The first-order chi connectivity index (χ1) is 11.6. The second kappa shape index (κ2) is 7.68. The second-order valence-corrected chi connectivity index (χ2v) is 8.23. The Morgan fingerprint density at radius 2 is 2.00 bits per heavy atom. The summed E-state index contributed by atoms with van der Waals surface area (Å²) in [6, 6.07) is 14.4. The number of nitrogens with one attached hydrogen (secondary N) is 1. The summed E-state index contributed by atoms with van der Waals surface area (Å²) in [5.74, 6) is 0.0988. The van der Waals surface area contributed by atoms with Gasteiger partial charge in [-0.1, -0.05) is 48.9 Å². The molecule has 1 heterocycles. The number of thiophene rings is 1. The monoisotopic (exact) mass is 362 g/mol. The Hall–Kier alpha value is -1.36. The Kier molecular flexibility index (Phi) is 5.59. The Bertz CT molecular complexity index is 682. The molecular weight excluding hydrogens is 340 g/mol. The normalized spacial score (nSPS) is 15.5. The van der Waals surface area contributed by atoms with Crippen molar-refractivity contribution in [2.45, 2.75) is 31.7 Å². The summed E-state index contributed by atoms with van der Waals surface area (Å²) in [6.45, 7) is 4.85. The summed E-state index contributed by atoms with van der Waals surface area (Å²) in [4.78, 5) is 15.7. The highest BCUT2D eigenvalue weighted by Crippen LogP contribution is 2.47. The summed E-state index contributed by atoms with van der Waals surface area (Å²) < 4.78 is 0.795. The molecule has 0 saturated heterocycles. The number of hydrogen-bond donors (Lipinski definition) is 1. The Morgan fingerprint density at radius 1 is 1.25 bits per heavy atom. The third-order valence-electron chi connectivity index (χ3n) is 4.69. The molecule has 1 aliphatic carbocycles. The number of carbonyl (C=O) groups excluding carboxylic acids is 1. The fourth-order valence-electron chi connectivity index (χ4n) is 2.97. The molecule has 24 heavy (non-hydrogen) atoms. The minimum Gasteiger partial charge on any atom is -0.354 e. The Balaban J connectivity index is 1.50. The minimum atomic E-state index is 0.0988. The molecule has 1 N–H and O–H groups in total. The number of nitrogens with zero attached hydrogens (tertiary/aromatic N) is 1. The van der Waals surface area contributed by atoms with E-state index in [9.17, 15) is 4.79 Å². The van der Waals surface area contributed by atoms with E-state index in [1.165, 1.54) is 10.4 Å². The zero-order chi connectivity index (χ0) is 17.0. The van der Waals surface area contributed by atoms with Crippen LogP contribution in [0.25, 0.3) is 0 Å². The van der Waals surface area contributed by atoms with Crippen molar-refractivity contribution >= 4 is 28.8 Å². The highest BCUT2D eigenvalue weighted by atomic mass is 35.5. The molecule has 0 spiro atoms. The quantitative estimate of drug-likeness (QED) is 0.767. The van der Waals surface area contributed by atoms with Gasteiger partial charge in [-0.3, -0.25) is 9.69 Å². The topological polar surface area (TPSA) is 32.3 Å². The van der Waals surface area contributed by atoms with Crippen LogP contribution in [0.15, 0.2) is 42.5 Å². The second-order valence-electron chi connectivity index (χ2n) is 6.43. The van der Waals surface area contributed by atoms with Crippen LogP contribution in [0.2, 0.25) is 4.34 Å². The van der Waals surface area contributed by atoms with Gasteiger partial charge in [-0.2, -0.15) is 0 Å². The zero-order valence-corrected chi connectivity index (χ0v) is 15.5. The summed E-state index contributed by atoms with van der Waals surface area (Å²) in [5, 5.41) is 3.14. The number of benzene rings is 1. The van der Waals surface area contributed by atoms with Gasteiger partial charge in [-0.05, 0) is 37.1 Å². The van der Waals surface area contributed by atoms with Crippen LogP contribution in [0.3, 0.4) is 0 Å². The lowest BCUT2D eigenvalue weighted by atomic mass is 9.96. The third-order valence-corrected chi connectivity index (χ3v) is 5.90. The number of carbonyl (C=O) groups is 1. The fraction of sp³-hybridized carbons (Fsp3) is 0.421. The van der Waals surface area contributed by atoms with Gasteiger partial charge in [0.15, 0.2) is 0 Å². The van der Waals surface area contributed by atoms with Crippen molar-refractivity contribution in [1.29, 1.82) is 0 Å². The van der Waals surface area contributed by atoms with Crippen molar-refractivity contribution in [3.8, 4) is 0 Å². The number of rotatable bonds is 8. The molecule has 2 aromatic rings. The molecule has 128 valence electrons. The molecule has 1 aliphatic rings. The van der Waals surface area contributed by atoms with Crippen LogP contribution in [0.4, 0.5) is 0 Å². The van der Waals surface area contributed by atoms with Gasteiger partial charge in [0.25, 0.3) is 0 Å². The predicted molar refractivity (Wildman–Crippen MR) is 101 cm³/mol. The van der Waals surface area contributed by atoms with Gasteiger partial charge in [0, 0.05) is 23.4 Å². The van der Waals surface area contributed by atoms with E-state index in [-0.39, 0.29) is 11.3 Å². The fourth-order valence-corrected chi connectivity index (χ4v) is 4.10. The van der Waals surface area contributed by atoms with Crippen molar-refractivity contribution < 1.29 is 4.79 Å². The van der Waals surface area contributed by atoms with Crippen molar-refractivity contribution in [2.24, 2.45) is 0 Å². The van der Waals surface area contributed by atoms with Crippen molar-refractivity contribution in [3.63, 3.8) is 0 Å². The molecule has 0 atom stereocenters. The number of hydrogen-bond acceptors (Lipinski definition) is 3. The van der Waals surface area contributed by atoms with Gasteiger partial charge >= 0.3 is 0 Å². The van der Waals surface area contributed by atoms with Crippen molar-refractivity contribution in [2.75, 3.05) is 19.6 Å². The minimum absolute atomic E-state index is 0.0988. The molecule has 0 aliphatic heterocycles. The largest absolute Gasteiger partial charge is 0.354 e. The van der Waals surface area contributed by atoms with Crippen LogP contribution < -0.4 is 5.32 Å². The third kappa shape index (κ3) is 4.38. The average molecular weight is 363 g/mol. The van der Waals surface area contributed by atoms with E-state index in [1.807, 2.05) is 18.2 Å². The van der Waals surface area contributed by atoms with E-state index in [1.54, 1.807) is 11.3 Å². The lowest BCUT2D eigenvalue weighted by molar-refractivity contribution is -0.122. The average Bonchev–Trinajstić information content (AvgIpc) is 3.29. The first-order valence-corrected chi connectivity index (χ1v) is 9.59. The van der Waals surface area contributed by atoms with Crippen molar-refractivity contribution in [3.05, 3.63) is 57.2 Å². The number of halogens is 1. The molecule has 0 bridgehead atoms. The molecule has 1 fully saturated rings. The Morgan fingerprint density at radius 3 is 2.58 bits per heavy atom. The SMILES string of the molecule is CCN(CC(=O)NCC1(c2ccccc2)CC1)Cc1ccc(Cl)s1. The predicted octanol–water partition coefficient (Wildman–Crippen LogP) is 4.07. The Labute approximate surface area is 152 Å². The molecule has 1 amide bonds. The lowest BCUT2D eigenvalue weighted by Gasteiger charge is -2.21. The highest BCUT2D eigenvalue weighted by molar-refractivity contribution is 7.16. The summed E-state index contributed by atoms with van der Waals surface area (Å²) in [5.41, 5.74) is 1.50. The molecule has 3 rings (SSSR count). The van der Waals surface area contributed by atoms with E-state index < -0.39 is 0 Å². The zero-order valence-electron chi connectivity index (χ0n) is 13.9. The van der Waals surface area contributed by atoms with Gasteiger partial charge in [0.1, 0.15) is 0 Å². The van der Waals surface area contributed by atoms with E-state index in [4.69, 9.17) is 11.6 Å². The van der Waals surface area contributed by atoms with Crippen LogP contribution in [0, 0.1) is 0 Å². The standard InChI is InChI=1S/C19H23ClN2OS/c1-2-22(12-16-8-9-17(20)24-16)13-18(23)21-14-19(10-11-19)15-6-4-3-5-7-15/h3-9H,2,10-14H2,1H3,(H,21,23). The van der Waals surface area contributed by atoms with Gasteiger partial charge in [0.2, 0.25) is 5.91 Å². The molecule has 1 aromatic heterocycles. The number of likely N-dealkylation sites (N-methyl/N-ethyl adjacent to an activating group) is 1. The molecule has 1 saturated carbocycles. The van der Waals surface area contributed by atoms with Crippen LogP contribution >= 0.6 is 22.9 Å². The van der Waals surface area contributed by atoms with Gasteiger partial charge in [-0.25, -0.2) is 0 Å². The first kappa shape index (κ1) is 17.5. The van der Waals surface area contributed by atoms with Crippen LogP contribution in [-0.4, -0.2) is 30.4 Å². The van der Waals surface area contributed by atoms with Crippen LogP contribution in [-0.2, 0) is 16.8 Å². The van der Waals surface area contributed by atoms with E-state index >= 15 is 0 Å². The van der Waals surface area contributed by atoms with E-state index in [0.717, 1.165) is 36.8 Å². The van der Waals surface area contributed by atoms with Crippen molar-refractivity contribution in [1.82, 2.24) is 10.2 Å². The lowest BCUT2D eigenvalue weighted by Crippen LogP contribution is -2.40. The molecular formula is C19H23ClN2OS. The first-order valence-electron chi connectivity index (χ1n) is 8.40. The van der Waals surface area contributed by atoms with E-state index in [2.05, 4.69) is 41.4 Å². The van der Waals surface area contributed by atoms with Gasteiger partial charge in [0.05, 0.1) is 10.9 Å². The van der Waals surface area contributed by atoms with Gasteiger partial charge in [-0.15, -0.1) is 11.3 Å². The smallest absolute Gasteiger partial charge is 0.234 e. The molecule has 1 aromatic carbocycles. The summed E-state index contributed by atoms with van der Waals surface area (Å²) >= 11 is 7.55. The van der Waals surface area contributed by atoms with Gasteiger partial charge < -0.3 is 5.32 Å². The molecule has 0 unspecified atom stereocenters. The van der Waals surface area contributed by atoms with E-state index in [0.29, 0.717) is 6.54 Å². The molecule has 3 nitrogen and oxygen atoms in total. The maximum absolute atomic E-state index is 12.3. The van der Waals surface area contributed by atoms with Crippen LogP contribution in [0.5, 0.6) is 0 Å². The highest BCUT2D eigenvalue weighted by Gasteiger charge is 2.44. The number of amides is 1. The van der Waals surface area contributed by atoms with Crippen LogP contribution in [0.1, 0.15) is 30.2 Å². The molecule has 5 heteroatoms. The summed E-state index contributed by atoms with van der Waals surface area (Å²) in [7, 11) is 0. The maximum atomic E-state index is 12.3. The summed E-state index contributed by atoms with van der Waals surface area (Å²) in [6.07, 6.45) is 2.31. The maximum Gasteiger partial charge on any atom is 0.234 e. The molecule has 0 radical (unpaired) electrons.